The van der Waals surface area contributed by atoms with Crippen molar-refractivity contribution in [2.24, 2.45) is 5.73 Å². The van der Waals surface area contributed by atoms with E-state index in [1.807, 2.05) is 54.6 Å². The Kier molecular flexibility index (Phi) is 4.85. The molecule has 3 aromatic carbocycles. The average Bonchev–Trinajstić information content (AvgIpc) is 3.27. The molecule has 1 aliphatic rings. The van der Waals surface area contributed by atoms with Crippen LogP contribution in [0.15, 0.2) is 90.3 Å². The van der Waals surface area contributed by atoms with Crippen molar-refractivity contribution in [2.75, 3.05) is 7.11 Å². The molecule has 1 aliphatic heterocycles. The van der Waals surface area contributed by atoms with Crippen LogP contribution in [0.2, 0.25) is 0 Å². The highest BCUT2D eigenvalue weighted by Gasteiger charge is 2.35. The highest BCUT2D eigenvalue weighted by Crippen LogP contribution is 2.45. The van der Waals surface area contributed by atoms with E-state index in [1.54, 1.807) is 7.11 Å². The molecule has 0 radical (unpaired) electrons. The summed E-state index contributed by atoms with van der Waals surface area (Å²) in [6, 6.07) is 28.2. The molecule has 156 valence electrons. The number of methoxy groups -OCH3 is 1. The molecule has 0 amide bonds. The third-order valence-electron chi connectivity index (χ3n) is 5.67. The summed E-state index contributed by atoms with van der Waals surface area (Å²) >= 11 is 0. The molecule has 1 atom stereocenters. The van der Waals surface area contributed by atoms with Crippen molar-refractivity contribution < 1.29 is 9.47 Å². The first-order valence-electron chi connectivity index (χ1n) is 10.1. The predicted molar refractivity (Wildman–Crippen MR) is 122 cm³/mol. The minimum atomic E-state index is -0.405. The minimum Gasteiger partial charge on any atom is -0.497 e. The monoisotopic (exact) mass is 420 g/mol. The van der Waals surface area contributed by atoms with E-state index in [1.165, 1.54) is 0 Å². The summed E-state index contributed by atoms with van der Waals surface area (Å²) in [7, 11) is 1.62. The van der Waals surface area contributed by atoms with Gasteiger partial charge in [-0.05, 0) is 28.8 Å². The molecule has 0 unspecified atom stereocenters. The number of ether oxygens (including phenoxy) is 2. The van der Waals surface area contributed by atoms with Crippen LogP contribution in [0.5, 0.6) is 11.6 Å². The number of fused-ring (bicyclic) bond motifs is 1. The van der Waals surface area contributed by atoms with E-state index in [2.05, 4.69) is 40.5 Å². The maximum atomic E-state index is 9.86. The van der Waals surface area contributed by atoms with Gasteiger partial charge in [-0.2, -0.15) is 5.26 Å². The van der Waals surface area contributed by atoms with Gasteiger partial charge in [0.2, 0.25) is 11.8 Å². The number of allylic oxidation sites excluding steroid dienone is 1. The van der Waals surface area contributed by atoms with Gasteiger partial charge >= 0.3 is 0 Å². The first kappa shape index (κ1) is 19.5. The number of aromatic amines is 1. The summed E-state index contributed by atoms with van der Waals surface area (Å²) in [5, 5.41) is 17.3. The lowest BCUT2D eigenvalue weighted by atomic mass is 9.83. The molecule has 4 aromatic rings. The molecule has 0 aliphatic carbocycles. The maximum Gasteiger partial charge on any atom is 0.244 e. The van der Waals surface area contributed by atoms with Crippen molar-refractivity contribution >= 4 is 0 Å². The van der Waals surface area contributed by atoms with Gasteiger partial charge in [0, 0.05) is 5.56 Å². The fraction of sp³-hybridized carbons (Fsp3) is 0.0769. The highest BCUT2D eigenvalue weighted by molar-refractivity contribution is 5.74. The minimum absolute atomic E-state index is 0.0679. The number of rotatable bonds is 4. The summed E-state index contributed by atoms with van der Waals surface area (Å²) in [4.78, 5) is 0. The molecule has 5 rings (SSSR count). The molecule has 0 bridgehead atoms. The Morgan fingerprint density at radius 3 is 2.25 bits per heavy atom. The molecule has 1 aromatic heterocycles. The zero-order valence-corrected chi connectivity index (χ0v) is 17.4. The molecule has 3 N–H and O–H groups in total. The van der Waals surface area contributed by atoms with E-state index in [0.717, 1.165) is 39.3 Å². The number of hydrogen-bond donors (Lipinski definition) is 2. The Hall–Kier alpha value is -4.50. The van der Waals surface area contributed by atoms with E-state index in [4.69, 9.17) is 15.2 Å². The third kappa shape index (κ3) is 3.26. The normalized spacial score (nSPS) is 14.9. The van der Waals surface area contributed by atoms with Crippen LogP contribution < -0.4 is 15.2 Å². The first-order chi connectivity index (χ1) is 15.7. The summed E-state index contributed by atoms with van der Waals surface area (Å²) in [5.41, 5.74) is 12.1. The molecule has 6 heteroatoms. The third-order valence-corrected chi connectivity index (χ3v) is 5.67. The van der Waals surface area contributed by atoms with E-state index < -0.39 is 5.92 Å². The van der Waals surface area contributed by atoms with E-state index >= 15 is 0 Å². The number of nitriles is 1. The molecule has 0 fully saturated rings. The van der Waals surface area contributed by atoms with Crippen molar-refractivity contribution in [3.8, 4) is 40.1 Å². The Morgan fingerprint density at radius 1 is 0.938 bits per heavy atom. The van der Waals surface area contributed by atoms with Gasteiger partial charge in [-0.25, -0.2) is 0 Å². The molecule has 0 saturated heterocycles. The van der Waals surface area contributed by atoms with E-state index in [9.17, 15) is 5.26 Å². The lowest BCUT2D eigenvalue weighted by Gasteiger charge is -2.24. The van der Waals surface area contributed by atoms with Crippen molar-refractivity contribution in [3.05, 3.63) is 101 Å². The largest absolute Gasteiger partial charge is 0.497 e. The predicted octanol–water partition coefficient (Wildman–Crippen LogP) is 4.97. The van der Waals surface area contributed by atoms with Crippen LogP contribution in [0.25, 0.3) is 22.4 Å². The standard InChI is InChI=1S/C26H20N4O2/c1-31-20-13-11-18(12-14-20)22-21(15-27)25(28)32-26-23(22)24(29-30-26)19-9-7-17(8-10-19)16-5-3-2-4-6-16/h2-14,22H,28H2,1H3,(H,29,30)/t22-/m0/s1. The van der Waals surface area contributed by atoms with Crippen molar-refractivity contribution in [2.45, 2.75) is 5.92 Å². The number of hydrogen-bond acceptors (Lipinski definition) is 5. The Morgan fingerprint density at radius 2 is 1.59 bits per heavy atom. The number of aromatic nitrogens is 2. The maximum absolute atomic E-state index is 9.86. The lowest BCUT2D eigenvalue weighted by Crippen LogP contribution is -2.20. The summed E-state index contributed by atoms with van der Waals surface area (Å²) in [5.74, 6) is 0.778. The molecule has 2 heterocycles. The highest BCUT2D eigenvalue weighted by atomic mass is 16.5. The SMILES string of the molecule is COc1ccc([C@H]2C(C#N)=C(N)Oc3n[nH]c(-c4ccc(-c5ccccc5)cc4)c32)cc1. The van der Waals surface area contributed by atoms with Gasteiger partial charge in [0.15, 0.2) is 0 Å². The summed E-state index contributed by atoms with van der Waals surface area (Å²) in [6.45, 7) is 0. The van der Waals surface area contributed by atoms with Crippen LogP contribution in [0, 0.1) is 11.3 Å². The quantitative estimate of drug-likeness (QED) is 0.486. The van der Waals surface area contributed by atoms with Gasteiger partial charge in [0.05, 0.1) is 24.3 Å². The van der Waals surface area contributed by atoms with Crippen LogP contribution in [-0.4, -0.2) is 17.3 Å². The smallest absolute Gasteiger partial charge is 0.244 e. The molecule has 6 nitrogen and oxygen atoms in total. The molecular weight excluding hydrogens is 400 g/mol. The lowest BCUT2D eigenvalue weighted by molar-refractivity contribution is 0.379. The number of nitrogens with two attached hydrogens (primary N) is 1. The van der Waals surface area contributed by atoms with Crippen LogP contribution in [0.1, 0.15) is 17.0 Å². The second kappa shape index (κ2) is 7.97. The fourth-order valence-corrected chi connectivity index (χ4v) is 4.05. The molecular formula is C26H20N4O2. The second-order valence-electron chi connectivity index (χ2n) is 7.46. The number of nitrogens with one attached hydrogen (secondary N) is 1. The van der Waals surface area contributed by atoms with E-state index in [-0.39, 0.29) is 5.88 Å². The van der Waals surface area contributed by atoms with Gasteiger partial charge in [-0.3, -0.25) is 5.10 Å². The van der Waals surface area contributed by atoms with Crippen LogP contribution in [-0.2, 0) is 0 Å². The number of benzene rings is 3. The molecule has 0 saturated carbocycles. The van der Waals surface area contributed by atoms with Crippen molar-refractivity contribution in [1.29, 1.82) is 5.26 Å². The number of H-pyrrole nitrogens is 1. The fourth-order valence-electron chi connectivity index (χ4n) is 4.05. The van der Waals surface area contributed by atoms with Gasteiger partial charge < -0.3 is 15.2 Å². The van der Waals surface area contributed by atoms with E-state index in [0.29, 0.717) is 11.5 Å². The summed E-state index contributed by atoms with van der Waals surface area (Å²) < 4.78 is 11.0. The van der Waals surface area contributed by atoms with Gasteiger partial charge in [-0.15, -0.1) is 5.10 Å². The van der Waals surface area contributed by atoms with Crippen LogP contribution in [0.4, 0.5) is 0 Å². The zero-order valence-electron chi connectivity index (χ0n) is 17.4. The van der Waals surface area contributed by atoms with Gasteiger partial charge in [0.25, 0.3) is 0 Å². The molecule has 32 heavy (non-hydrogen) atoms. The Labute approximate surface area is 185 Å². The second-order valence-corrected chi connectivity index (χ2v) is 7.46. The molecule has 0 spiro atoms. The summed E-state index contributed by atoms with van der Waals surface area (Å²) in [6.07, 6.45) is 0. The van der Waals surface area contributed by atoms with Gasteiger partial charge in [-0.1, -0.05) is 66.7 Å². The Bertz CT molecular complexity index is 1330. The van der Waals surface area contributed by atoms with Gasteiger partial charge in [0.1, 0.15) is 17.4 Å². The topological polar surface area (TPSA) is 96.9 Å². The first-order valence-corrected chi connectivity index (χ1v) is 10.1. The van der Waals surface area contributed by atoms with Crippen molar-refractivity contribution in [1.82, 2.24) is 10.2 Å². The Balaban J connectivity index is 1.60. The van der Waals surface area contributed by atoms with Crippen LogP contribution >= 0.6 is 0 Å². The average molecular weight is 420 g/mol. The zero-order chi connectivity index (χ0) is 22.1. The number of nitrogens with zero attached hydrogens (tertiary/aromatic N) is 2. The van der Waals surface area contributed by atoms with Crippen LogP contribution in [0.3, 0.4) is 0 Å². The van der Waals surface area contributed by atoms with Crippen molar-refractivity contribution in [3.63, 3.8) is 0 Å².